The van der Waals surface area contributed by atoms with Gasteiger partial charge in [0.05, 0.1) is 6.04 Å². The van der Waals surface area contributed by atoms with E-state index in [9.17, 15) is 9.00 Å². The number of carbonyl (C=O) groups is 1. The first-order chi connectivity index (χ1) is 7.02. The molecule has 0 saturated carbocycles. The van der Waals surface area contributed by atoms with Gasteiger partial charge in [-0.3, -0.25) is 9.00 Å². The number of hydrogen-bond donors (Lipinski definition) is 1. The minimum atomic E-state index is -0.804. The normalized spacial score (nSPS) is 26.5. The summed E-state index contributed by atoms with van der Waals surface area (Å²) in [7, 11) is -0.804. The van der Waals surface area contributed by atoms with Crippen LogP contribution in [0.15, 0.2) is 0 Å². The highest BCUT2D eigenvalue weighted by molar-refractivity contribution is 7.84. The zero-order chi connectivity index (χ0) is 11.4. The molecule has 1 aliphatic heterocycles. The summed E-state index contributed by atoms with van der Waals surface area (Å²) < 4.78 is 11.1. The Morgan fingerprint density at radius 3 is 2.93 bits per heavy atom. The molecule has 0 aromatic carbocycles. The molecule has 1 heterocycles. The first-order valence-corrected chi connectivity index (χ1v) is 7.01. The Morgan fingerprint density at radius 1 is 1.67 bits per heavy atom. The van der Waals surface area contributed by atoms with Gasteiger partial charge >= 0.3 is 0 Å². The summed E-state index contributed by atoms with van der Waals surface area (Å²) in [4.78, 5) is 13.4. The van der Waals surface area contributed by atoms with E-state index in [0.717, 1.165) is 25.8 Å². The van der Waals surface area contributed by atoms with Crippen molar-refractivity contribution in [1.82, 2.24) is 4.90 Å². The summed E-state index contributed by atoms with van der Waals surface area (Å²) in [6, 6.07) is -0.318. The van der Waals surface area contributed by atoms with Gasteiger partial charge in [-0.25, -0.2) is 0 Å². The molecule has 0 aliphatic carbocycles. The maximum absolute atomic E-state index is 11.6. The van der Waals surface area contributed by atoms with Gasteiger partial charge in [-0.2, -0.15) is 0 Å². The summed E-state index contributed by atoms with van der Waals surface area (Å²) in [5, 5.41) is 0.149. The SMILES string of the molecule is CC(CCN1CCCC(N)C1=O)S(C)=O. The van der Waals surface area contributed by atoms with Gasteiger partial charge in [0.25, 0.3) is 0 Å². The largest absolute Gasteiger partial charge is 0.341 e. The van der Waals surface area contributed by atoms with Crippen LogP contribution in [0.2, 0.25) is 0 Å². The minimum absolute atomic E-state index is 0.0512. The fourth-order valence-electron chi connectivity index (χ4n) is 1.70. The second kappa shape index (κ2) is 5.61. The van der Waals surface area contributed by atoms with E-state index in [0.29, 0.717) is 6.54 Å². The van der Waals surface area contributed by atoms with Gasteiger partial charge in [0.1, 0.15) is 0 Å². The monoisotopic (exact) mass is 232 g/mol. The second-order valence-corrected chi connectivity index (χ2v) is 5.97. The minimum Gasteiger partial charge on any atom is -0.341 e. The molecule has 1 rings (SSSR count). The molecule has 15 heavy (non-hydrogen) atoms. The zero-order valence-electron chi connectivity index (χ0n) is 9.44. The maximum atomic E-state index is 11.6. The Hall–Kier alpha value is -0.420. The van der Waals surface area contributed by atoms with Crippen LogP contribution in [0, 0.1) is 0 Å². The summed E-state index contributed by atoms with van der Waals surface area (Å²) in [5.41, 5.74) is 5.68. The topological polar surface area (TPSA) is 63.4 Å². The molecule has 1 aliphatic rings. The number of nitrogens with zero attached hydrogens (tertiary/aromatic N) is 1. The van der Waals surface area contributed by atoms with Crippen molar-refractivity contribution in [3.63, 3.8) is 0 Å². The Labute approximate surface area is 93.7 Å². The van der Waals surface area contributed by atoms with Gasteiger partial charge in [-0.05, 0) is 19.3 Å². The zero-order valence-corrected chi connectivity index (χ0v) is 10.3. The molecule has 2 N–H and O–H groups in total. The quantitative estimate of drug-likeness (QED) is 0.747. The maximum Gasteiger partial charge on any atom is 0.239 e. The van der Waals surface area contributed by atoms with Crippen LogP contribution in [-0.2, 0) is 15.6 Å². The van der Waals surface area contributed by atoms with Crippen LogP contribution < -0.4 is 5.73 Å². The van der Waals surface area contributed by atoms with Gasteiger partial charge in [-0.15, -0.1) is 0 Å². The number of carbonyl (C=O) groups excluding carboxylic acids is 1. The predicted octanol–water partition coefficient (Wildman–Crippen LogP) is 0.0932. The Kier molecular flexibility index (Phi) is 4.73. The Bertz CT molecular complexity index is 258. The van der Waals surface area contributed by atoms with E-state index < -0.39 is 10.8 Å². The molecule has 3 atom stereocenters. The van der Waals surface area contributed by atoms with Gasteiger partial charge in [-0.1, -0.05) is 6.92 Å². The molecule has 0 bridgehead atoms. The lowest BCUT2D eigenvalue weighted by atomic mass is 10.1. The lowest BCUT2D eigenvalue weighted by Crippen LogP contribution is -2.49. The van der Waals surface area contributed by atoms with Crippen LogP contribution in [0.25, 0.3) is 0 Å². The molecule has 4 nitrogen and oxygen atoms in total. The van der Waals surface area contributed by atoms with Crippen LogP contribution in [0.5, 0.6) is 0 Å². The van der Waals surface area contributed by atoms with Crippen LogP contribution in [0.1, 0.15) is 26.2 Å². The predicted molar refractivity (Wildman–Crippen MR) is 61.9 cm³/mol. The number of nitrogens with two attached hydrogens (primary N) is 1. The van der Waals surface area contributed by atoms with Crippen molar-refractivity contribution in [3.8, 4) is 0 Å². The molecule has 0 aromatic rings. The lowest BCUT2D eigenvalue weighted by molar-refractivity contribution is -0.134. The third kappa shape index (κ3) is 3.57. The van der Waals surface area contributed by atoms with E-state index in [-0.39, 0.29) is 17.2 Å². The molecule has 0 aromatic heterocycles. The Balaban J connectivity index is 2.37. The van der Waals surface area contributed by atoms with E-state index in [1.54, 1.807) is 11.2 Å². The number of amides is 1. The molecule has 5 heteroatoms. The smallest absolute Gasteiger partial charge is 0.239 e. The van der Waals surface area contributed by atoms with Crippen LogP contribution in [0.4, 0.5) is 0 Å². The molecule has 1 saturated heterocycles. The van der Waals surface area contributed by atoms with Gasteiger partial charge < -0.3 is 10.6 Å². The number of likely N-dealkylation sites (tertiary alicyclic amines) is 1. The first kappa shape index (κ1) is 12.6. The summed E-state index contributed by atoms with van der Waals surface area (Å²) in [6.45, 7) is 3.44. The molecule has 3 unspecified atom stereocenters. The third-order valence-electron chi connectivity index (χ3n) is 2.94. The standard InChI is InChI=1S/C10H20N2O2S/c1-8(15(2)14)5-7-12-6-3-4-9(11)10(12)13/h8-9H,3-7,11H2,1-2H3. The van der Waals surface area contributed by atoms with Gasteiger partial charge in [0.15, 0.2) is 0 Å². The van der Waals surface area contributed by atoms with Gasteiger partial charge in [0, 0.05) is 35.4 Å². The van der Waals surface area contributed by atoms with Crippen molar-refractivity contribution in [3.05, 3.63) is 0 Å². The van der Waals surface area contributed by atoms with Crippen molar-refractivity contribution < 1.29 is 9.00 Å². The average Bonchev–Trinajstić information content (AvgIpc) is 2.19. The molecule has 1 amide bonds. The average molecular weight is 232 g/mol. The highest BCUT2D eigenvalue weighted by Crippen LogP contribution is 2.11. The van der Waals surface area contributed by atoms with E-state index in [4.69, 9.17) is 5.73 Å². The van der Waals surface area contributed by atoms with Crippen LogP contribution in [-0.4, -0.2) is 45.7 Å². The summed E-state index contributed by atoms with van der Waals surface area (Å²) in [6.07, 6.45) is 4.27. The molecular formula is C10H20N2O2S. The van der Waals surface area contributed by atoms with Gasteiger partial charge in [0.2, 0.25) is 5.91 Å². The van der Waals surface area contributed by atoms with E-state index in [1.165, 1.54) is 0 Å². The highest BCUT2D eigenvalue weighted by atomic mass is 32.2. The second-order valence-electron chi connectivity index (χ2n) is 4.17. The molecular weight excluding hydrogens is 212 g/mol. The van der Waals surface area contributed by atoms with E-state index in [2.05, 4.69) is 0 Å². The first-order valence-electron chi connectivity index (χ1n) is 5.39. The van der Waals surface area contributed by atoms with Crippen molar-refractivity contribution in [1.29, 1.82) is 0 Å². The molecule has 1 fully saturated rings. The lowest BCUT2D eigenvalue weighted by Gasteiger charge is -2.31. The van der Waals surface area contributed by atoms with Crippen LogP contribution >= 0.6 is 0 Å². The summed E-state index contributed by atoms with van der Waals surface area (Å²) in [5.74, 6) is 0.0512. The fourth-order valence-corrected chi connectivity index (χ4v) is 2.13. The fraction of sp³-hybridized carbons (Fsp3) is 0.900. The highest BCUT2D eigenvalue weighted by Gasteiger charge is 2.25. The Morgan fingerprint density at radius 2 is 2.33 bits per heavy atom. The number of hydrogen-bond acceptors (Lipinski definition) is 3. The van der Waals surface area contributed by atoms with E-state index >= 15 is 0 Å². The molecule has 0 spiro atoms. The van der Waals surface area contributed by atoms with Crippen LogP contribution in [0.3, 0.4) is 0 Å². The van der Waals surface area contributed by atoms with E-state index in [1.807, 2.05) is 6.92 Å². The third-order valence-corrected chi connectivity index (χ3v) is 4.31. The van der Waals surface area contributed by atoms with Crippen molar-refractivity contribution in [2.24, 2.45) is 5.73 Å². The number of rotatable bonds is 4. The summed E-state index contributed by atoms with van der Waals surface area (Å²) >= 11 is 0. The van der Waals surface area contributed by atoms with Crippen molar-refractivity contribution >= 4 is 16.7 Å². The molecule has 0 radical (unpaired) electrons. The number of piperidine rings is 1. The van der Waals surface area contributed by atoms with Crippen molar-refractivity contribution in [2.45, 2.75) is 37.5 Å². The molecule has 88 valence electrons. The van der Waals surface area contributed by atoms with Crippen molar-refractivity contribution in [2.75, 3.05) is 19.3 Å².